The van der Waals surface area contributed by atoms with Crippen LogP contribution in [0.3, 0.4) is 0 Å². The van der Waals surface area contributed by atoms with Crippen LogP contribution in [-0.4, -0.2) is 69.2 Å². The molecule has 2 amide bonds. The van der Waals surface area contributed by atoms with Crippen LogP contribution >= 0.6 is 0 Å². The van der Waals surface area contributed by atoms with Gasteiger partial charge in [0.1, 0.15) is 5.82 Å². The number of carbonyl (C=O) groups excluding carboxylic acids is 2. The Morgan fingerprint density at radius 1 is 1.18 bits per heavy atom. The van der Waals surface area contributed by atoms with Gasteiger partial charge in [0.25, 0.3) is 5.91 Å². The minimum atomic E-state index is -0.652. The summed E-state index contributed by atoms with van der Waals surface area (Å²) >= 11 is 0. The molecule has 3 N–H and O–H groups in total. The standard InChI is InChI=1S/C24H32N6O3/c1-14-11-19-20(12-15(14)2)27-22(26-19)7-8-25-24(32)21-13-30(9-10-33-21)23(31)6-5-18-16(3)28-29-17(18)4/h11-12,21H,5-10,13H2,1-4H3,(H,25,32)(H,26,27)(H,28,29). The third-order valence-electron chi connectivity index (χ3n) is 6.39. The highest BCUT2D eigenvalue weighted by Gasteiger charge is 2.29. The molecular formula is C24H32N6O3. The molecule has 0 saturated carbocycles. The second-order valence-electron chi connectivity index (χ2n) is 8.79. The van der Waals surface area contributed by atoms with Crippen molar-refractivity contribution in [1.82, 2.24) is 30.4 Å². The first kappa shape index (κ1) is 23.0. The number of morpholine rings is 1. The Labute approximate surface area is 193 Å². The molecule has 2 aromatic heterocycles. The third kappa shape index (κ3) is 5.24. The average Bonchev–Trinajstić information content (AvgIpc) is 3.33. The summed E-state index contributed by atoms with van der Waals surface area (Å²) in [6.07, 6.45) is 0.969. The summed E-state index contributed by atoms with van der Waals surface area (Å²) in [4.78, 5) is 35.0. The molecule has 0 radical (unpaired) electrons. The van der Waals surface area contributed by atoms with Crippen molar-refractivity contribution in [2.24, 2.45) is 0 Å². The zero-order valence-electron chi connectivity index (χ0n) is 19.7. The molecule has 1 atom stereocenters. The molecule has 9 nitrogen and oxygen atoms in total. The van der Waals surface area contributed by atoms with Gasteiger partial charge in [0.2, 0.25) is 5.91 Å². The Bertz CT molecular complexity index is 1110. The van der Waals surface area contributed by atoms with E-state index in [0.717, 1.165) is 33.8 Å². The minimum absolute atomic E-state index is 0.0314. The van der Waals surface area contributed by atoms with Gasteiger partial charge < -0.3 is 19.9 Å². The first-order valence-electron chi connectivity index (χ1n) is 11.4. The van der Waals surface area contributed by atoms with Gasteiger partial charge in [-0.2, -0.15) is 5.10 Å². The van der Waals surface area contributed by atoms with Gasteiger partial charge in [0, 0.05) is 31.6 Å². The SMILES string of the molecule is Cc1cc2nc(CCNC(=O)C3CN(C(=O)CCc4c(C)n[nH]c4C)CCO3)[nH]c2cc1C. The van der Waals surface area contributed by atoms with E-state index in [1.807, 2.05) is 13.8 Å². The van der Waals surface area contributed by atoms with Crippen LogP contribution in [0.4, 0.5) is 0 Å². The predicted octanol–water partition coefficient (Wildman–Crippen LogP) is 2.04. The summed E-state index contributed by atoms with van der Waals surface area (Å²) in [5.74, 6) is 0.669. The number of ether oxygens (including phenoxy) is 1. The monoisotopic (exact) mass is 452 g/mol. The summed E-state index contributed by atoms with van der Waals surface area (Å²) < 4.78 is 5.64. The van der Waals surface area contributed by atoms with Crippen molar-refractivity contribution in [2.75, 3.05) is 26.2 Å². The van der Waals surface area contributed by atoms with E-state index in [0.29, 0.717) is 39.0 Å². The molecule has 0 spiro atoms. The second-order valence-corrected chi connectivity index (χ2v) is 8.79. The lowest BCUT2D eigenvalue weighted by atomic mass is 10.1. The highest BCUT2D eigenvalue weighted by Crippen LogP contribution is 2.17. The van der Waals surface area contributed by atoms with Gasteiger partial charge in [0.05, 0.1) is 29.9 Å². The van der Waals surface area contributed by atoms with E-state index in [1.165, 1.54) is 11.1 Å². The lowest BCUT2D eigenvalue weighted by Gasteiger charge is -2.32. The van der Waals surface area contributed by atoms with E-state index in [1.54, 1.807) is 4.90 Å². The zero-order chi connectivity index (χ0) is 23.5. The smallest absolute Gasteiger partial charge is 0.251 e. The maximum atomic E-state index is 12.7. The first-order valence-corrected chi connectivity index (χ1v) is 11.4. The Hall–Kier alpha value is -3.20. The summed E-state index contributed by atoms with van der Waals surface area (Å²) in [6.45, 7) is 9.63. The molecule has 1 saturated heterocycles. The Morgan fingerprint density at radius 3 is 2.73 bits per heavy atom. The number of nitrogens with one attached hydrogen (secondary N) is 3. The van der Waals surface area contributed by atoms with Crippen molar-refractivity contribution in [3.63, 3.8) is 0 Å². The van der Waals surface area contributed by atoms with E-state index in [9.17, 15) is 9.59 Å². The molecular weight excluding hydrogens is 420 g/mol. The van der Waals surface area contributed by atoms with Gasteiger partial charge in [-0.05, 0) is 62.9 Å². The van der Waals surface area contributed by atoms with Gasteiger partial charge in [-0.15, -0.1) is 0 Å². The number of rotatable bonds is 7. The molecule has 1 unspecified atom stereocenters. The fraction of sp³-hybridized carbons (Fsp3) is 0.500. The number of hydrogen-bond acceptors (Lipinski definition) is 5. The van der Waals surface area contributed by atoms with Crippen molar-refractivity contribution in [3.05, 3.63) is 46.0 Å². The Balaban J connectivity index is 1.25. The van der Waals surface area contributed by atoms with E-state index >= 15 is 0 Å². The van der Waals surface area contributed by atoms with Crippen LogP contribution in [0.25, 0.3) is 11.0 Å². The molecule has 176 valence electrons. The van der Waals surface area contributed by atoms with Crippen LogP contribution in [0.15, 0.2) is 12.1 Å². The fourth-order valence-electron chi connectivity index (χ4n) is 4.23. The number of hydrogen-bond donors (Lipinski definition) is 3. The lowest BCUT2D eigenvalue weighted by Crippen LogP contribution is -2.51. The Kier molecular flexibility index (Phi) is 6.78. The number of aryl methyl sites for hydroxylation is 4. The second kappa shape index (κ2) is 9.74. The van der Waals surface area contributed by atoms with E-state index in [-0.39, 0.29) is 18.4 Å². The van der Waals surface area contributed by atoms with Gasteiger partial charge in [-0.3, -0.25) is 14.7 Å². The number of fused-ring (bicyclic) bond motifs is 1. The van der Waals surface area contributed by atoms with Gasteiger partial charge in [-0.1, -0.05) is 0 Å². The van der Waals surface area contributed by atoms with Crippen molar-refractivity contribution in [1.29, 1.82) is 0 Å². The highest BCUT2D eigenvalue weighted by molar-refractivity contribution is 5.83. The topological polar surface area (TPSA) is 116 Å². The number of imidazole rings is 1. The van der Waals surface area contributed by atoms with Crippen LogP contribution in [0.5, 0.6) is 0 Å². The molecule has 33 heavy (non-hydrogen) atoms. The quantitative estimate of drug-likeness (QED) is 0.507. The van der Waals surface area contributed by atoms with Crippen LogP contribution in [0, 0.1) is 27.7 Å². The Morgan fingerprint density at radius 2 is 1.97 bits per heavy atom. The number of nitrogens with zero attached hydrogens (tertiary/aromatic N) is 3. The van der Waals surface area contributed by atoms with Crippen LogP contribution < -0.4 is 5.32 Å². The third-order valence-corrected chi connectivity index (χ3v) is 6.39. The summed E-state index contributed by atoms with van der Waals surface area (Å²) in [5, 5.41) is 10.1. The maximum absolute atomic E-state index is 12.7. The minimum Gasteiger partial charge on any atom is -0.365 e. The van der Waals surface area contributed by atoms with E-state index in [2.05, 4.69) is 51.5 Å². The molecule has 4 rings (SSSR count). The van der Waals surface area contributed by atoms with Crippen molar-refractivity contribution in [3.8, 4) is 0 Å². The molecule has 1 aliphatic heterocycles. The summed E-state index contributed by atoms with van der Waals surface area (Å²) in [5.41, 5.74) is 7.37. The first-order chi connectivity index (χ1) is 15.8. The van der Waals surface area contributed by atoms with Crippen LogP contribution in [-0.2, 0) is 27.2 Å². The number of carbonyl (C=O) groups is 2. The van der Waals surface area contributed by atoms with Gasteiger partial charge >= 0.3 is 0 Å². The predicted molar refractivity (Wildman–Crippen MR) is 125 cm³/mol. The molecule has 9 heteroatoms. The fourth-order valence-corrected chi connectivity index (χ4v) is 4.23. The molecule has 1 aromatic carbocycles. The lowest BCUT2D eigenvalue weighted by molar-refractivity contribution is -0.147. The molecule has 0 aliphatic carbocycles. The number of aromatic amines is 2. The normalized spacial score (nSPS) is 16.4. The molecule has 1 fully saturated rings. The van der Waals surface area contributed by atoms with E-state index in [4.69, 9.17) is 4.74 Å². The van der Waals surface area contributed by atoms with Crippen LogP contribution in [0.2, 0.25) is 0 Å². The van der Waals surface area contributed by atoms with Crippen molar-refractivity contribution < 1.29 is 14.3 Å². The van der Waals surface area contributed by atoms with Crippen molar-refractivity contribution >= 4 is 22.8 Å². The van der Waals surface area contributed by atoms with Gasteiger partial charge in [0.15, 0.2) is 6.10 Å². The average molecular weight is 453 g/mol. The molecule has 0 bridgehead atoms. The summed E-state index contributed by atoms with van der Waals surface area (Å²) in [7, 11) is 0. The largest absolute Gasteiger partial charge is 0.365 e. The number of benzene rings is 1. The molecule has 3 aromatic rings. The van der Waals surface area contributed by atoms with E-state index < -0.39 is 6.10 Å². The number of amides is 2. The zero-order valence-corrected chi connectivity index (χ0v) is 19.7. The van der Waals surface area contributed by atoms with Crippen LogP contribution in [0.1, 0.15) is 40.3 Å². The van der Waals surface area contributed by atoms with Crippen molar-refractivity contribution in [2.45, 2.75) is 53.1 Å². The number of aromatic nitrogens is 4. The number of H-pyrrole nitrogens is 2. The highest BCUT2D eigenvalue weighted by atomic mass is 16.5. The molecule has 3 heterocycles. The molecule has 1 aliphatic rings. The summed E-state index contributed by atoms with van der Waals surface area (Å²) in [6, 6.07) is 4.16. The van der Waals surface area contributed by atoms with Gasteiger partial charge in [-0.25, -0.2) is 4.98 Å². The maximum Gasteiger partial charge on any atom is 0.251 e.